The number of benzene rings is 1. The van der Waals surface area contributed by atoms with Crippen LogP contribution >= 0.6 is 0 Å². The minimum Gasteiger partial charge on any atom is -0.494 e. The zero-order valence-corrected chi connectivity index (χ0v) is 13.5. The van der Waals surface area contributed by atoms with Gasteiger partial charge in [0.1, 0.15) is 5.75 Å². The highest BCUT2D eigenvalue weighted by Gasteiger charge is 2.71. The summed E-state index contributed by atoms with van der Waals surface area (Å²) in [5.74, 6) is 0.234. The fourth-order valence-corrected chi connectivity index (χ4v) is 5.27. The number of hydrogen-bond donors (Lipinski definition) is 1. The van der Waals surface area contributed by atoms with Gasteiger partial charge in [-0.2, -0.15) is 0 Å². The van der Waals surface area contributed by atoms with Crippen molar-refractivity contribution < 1.29 is 17.9 Å². The molecule has 1 saturated carbocycles. The van der Waals surface area contributed by atoms with Crippen molar-refractivity contribution in [1.82, 2.24) is 4.31 Å². The Morgan fingerprint density at radius 3 is 2.73 bits per heavy atom. The number of sulfonamides is 1. The van der Waals surface area contributed by atoms with Crippen LogP contribution < -0.4 is 10.1 Å². The minimum absolute atomic E-state index is 0.0589. The first-order chi connectivity index (χ1) is 10.4. The summed E-state index contributed by atoms with van der Waals surface area (Å²) in [6, 6.07) is 6.94. The van der Waals surface area contributed by atoms with E-state index in [1.165, 1.54) is 11.4 Å². The molecule has 1 aliphatic heterocycles. The molecule has 120 valence electrons. The highest BCUT2D eigenvalue weighted by atomic mass is 32.2. The number of fused-ring (bicyclic) bond motifs is 1. The van der Waals surface area contributed by atoms with Crippen molar-refractivity contribution in [3.8, 4) is 5.75 Å². The quantitative estimate of drug-likeness (QED) is 0.909. The standard InChI is InChI=1S/C15H20N2O4S/c1-3-21-13-6-4-12(5-7-13)16-14(18)15-10-11(15)8-9-17(2)22(15,19)20/h4-7,11H,3,8-10H2,1-2H3,(H,16,18)/t11-,15+/m0/s1. The largest absolute Gasteiger partial charge is 0.494 e. The molecule has 3 rings (SSSR count). The van der Waals surface area contributed by atoms with Gasteiger partial charge in [0.25, 0.3) is 0 Å². The summed E-state index contributed by atoms with van der Waals surface area (Å²) in [5, 5.41) is 2.74. The second-order valence-corrected chi connectivity index (χ2v) is 8.12. The topological polar surface area (TPSA) is 75.7 Å². The number of rotatable bonds is 4. The van der Waals surface area contributed by atoms with E-state index >= 15 is 0 Å². The molecule has 0 radical (unpaired) electrons. The molecule has 1 aromatic carbocycles. The molecule has 7 heteroatoms. The van der Waals surface area contributed by atoms with Gasteiger partial charge < -0.3 is 10.1 Å². The first kappa shape index (κ1) is 15.3. The number of hydrogen-bond acceptors (Lipinski definition) is 4. The average molecular weight is 324 g/mol. The molecule has 1 heterocycles. The number of anilines is 1. The van der Waals surface area contributed by atoms with Gasteiger partial charge in [-0.3, -0.25) is 4.79 Å². The molecule has 1 saturated heterocycles. The third-order valence-electron chi connectivity index (χ3n) is 4.52. The Balaban J connectivity index is 1.77. The first-order valence-electron chi connectivity index (χ1n) is 7.42. The van der Waals surface area contributed by atoms with Gasteiger partial charge in [0.15, 0.2) is 4.75 Å². The summed E-state index contributed by atoms with van der Waals surface area (Å²) < 4.78 is 30.4. The summed E-state index contributed by atoms with van der Waals surface area (Å²) in [6.45, 7) is 2.96. The van der Waals surface area contributed by atoms with E-state index in [1.807, 2.05) is 6.92 Å². The number of amides is 1. The molecule has 2 fully saturated rings. The van der Waals surface area contributed by atoms with Gasteiger partial charge in [-0.15, -0.1) is 0 Å². The van der Waals surface area contributed by atoms with E-state index in [1.54, 1.807) is 24.3 Å². The number of ether oxygens (including phenoxy) is 1. The van der Waals surface area contributed by atoms with Crippen LogP contribution in [0.4, 0.5) is 5.69 Å². The Kier molecular flexibility index (Phi) is 3.65. The molecule has 0 unspecified atom stereocenters. The Hall–Kier alpha value is -1.60. The predicted molar refractivity (Wildman–Crippen MR) is 83.2 cm³/mol. The van der Waals surface area contributed by atoms with Crippen molar-refractivity contribution in [2.24, 2.45) is 5.92 Å². The fourth-order valence-electron chi connectivity index (χ4n) is 3.13. The van der Waals surface area contributed by atoms with Crippen LogP contribution in [0.3, 0.4) is 0 Å². The molecule has 1 aromatic rings. The Bertz CT molecular complexity index is 686. The normalized spacial score (nSPS) is 29.5. The molecular formula is C15H20N2O4S. The summed E-state index contributed by atoms with van der Waals surface area (Å²) >= 11 is 0. The maximum atomic E-state index is 12.6. The Labute approximate surface area is 130 Å². The van der Waals surface area contributed by atoms with Crippen LogP contribution in [0.2, 0.25) is 0 Å². The van der Waals surface area contributed by atoms with Crippen LogP contribution in [-0.4, -0.2) is 43.6 Å². The third-order valence-corrected chi connectivity index (χ3v) is 7.13. The summed E-state index contributed by atoms with van der Waals surface area (Å²) in [5.41, 5.74) is 0.580. The van der Waals surface area contributed by atoms with Crippen LogP contribution in [0.5, 0.6) is 5.75 Å². The molecule has 0 aromatic heterocycles. The highest BCUT2D eigenvalue weighted by molar-refractivity contribution is 7.91. The van der Waals surface area contributed by atoms with Gasteiger partial charge in [-0.25, -0.2) is 12.7 Å². The van der Waals surface area contributed by atoms with Crippen molar-refractivity contribution in [2.45, 2.75) is 24.5 Å². The lowest BCUT2D eigenvalue weighted by Gasteiger charge is -2.28. The molecule has 2 aliphatic rings. The molecule has 0 bridgehead atoms. The molecule has 0 spiro atoms. The van der Waals surface area contributed by atoms with E-state index in [2.05, 4.69) is 5.32 Å². The van der Waals surface area contributed by atoms with Crippen molar-refractivity contribution in [2.75, 3.05) is 25.5 Å². The maximum Gasteiger partial charge on any atom is 0.247 e. The Morgan fingerprint density at radius 1 is 1.41 bits per heavy atom. The van der Waals surface area contributed by atoms with Crippen molar-refractivity contribution in [3.63, 3.8) is 0 Å². The monoisotopic (exact) mass is 324 g/mol. The van der Waals surface area contributed by atoms with Gasteiger partial charge in [0.05, 0.1) is 6.61 Å². The fraction of sp³-hybridized carbons (Fsp3) is 0.533. The number of carbonyl (C=O) groups is 1. The first-order valence-corrected chi connectivity index (χ1v) is 8.86. The lowest BCUT2D eigenvalue weighted by molar-refractivity contribution is -0.117. The van der Waals surface area contributed by atoms with Gasteiger partial charge in [0.2, 0.25) is 15.9 Å². The second kappa shape index (κ2) is 5.24. The van der Waals surface area contributed by atoms with Crippen LogP contribution in [0, 0.1) is 5.92 Å². The van der Waals surface area contributed by atoms with E-state index in [0.717, 1.165) is 6.42 Å². The van der Waals surface area contributed by atoms with Crippen molar-refractivity contribution >= 4 is 21.6 Å². The third kappa shape index (κ3) is 2.19. The smallest absolute Gasteiger partial charge is 0.247 e. The highest BCUT2D eigenvalue weighted by Crippen LogP contribution is 2.56. The zero-order valence-electron chi connectivity index (χ0n) is 12.7. The summed E-state index contributed by atoms with van der Waals surface area (Å²) in [7, 11) is -2.03. The van der Waals surface area contributed by atoms with Crippen LogP contribution in [0.25, 0.3) is 0 Å². The van der Waals surface area contributed by atoms with Crippen LogP contribution in [0.15, 0.2) is 24.3 Å². The average Bonchev–Trinajstić information content (AvgIpc) is 3.23. The van der Waals surface area contributed by atoms with Crippen LogP contribution in [-0.2, 0) is 14.8 Å². The lowest BCUT2D eigenvalue weighted by Crippen LogP contribution is -2.50. The van der Waals surface area contributed by atoms with E-state index in [0.29, 0.717) is 31.0 Å². The molecule has 6 nitrogen and oxygen atoms in total. The van der Waals surface area contributed by atoms with Gasteiger partial charge >= 0.3 is 0 Å². The molecular weight excluding hydrogens is 304 g/mol. The second-order valence-electron chi connectivity index (χ2n) is 5.82. The van der Waals surface area contributed by atoms with Gasteiger partial charge in [-0.05, 0) is 49.9 Å². The van der Waals surface area contributed by atoms with Gasteiger partial charge in [0, 0.05) is 19.3 Å². The maximum absolute atomic E-state index is 12.6. The van der Waals surface area contributed by atoms with E-state index in [4.69, 9.17) is 4.74 Å². The lowest BCUT2D eigenvalue weighted by atomic mass is 10.2. The zero-order chi connectivity index (χ0) is 16.0. The Morgan fingerprint density at radius 2 is 2.09 bits per heavy atom. The number of nitrogens with zero attached hydrogens (tertiary/aromatic N) is 1. The predicted octanol–water partition coefficient (Wildman–Crippen LogP) is 1.45. The van der Waals surface area contributed by atoms with Crippen molar-refractivity contribution in [3.05, 3.63) is 24.3 Å². The SMILES string of the molecule is CCOc1ccc(NC(=O)[C@@]23C[C@@H]2CCN(C)S3(=O)=O)cc1. The number of carbonyl (C=O) groups excluding carboxylic acids is 1. The molecule has 1 aliphatic carbocycles. The summed E-state index contributed by atoms with van der Waals surface area (Å²) in [4.78, 5) is 12.6. The number of nitrogens with one attached hydrogen (secondary N) is 1. The van der Waals surface area contributed by atoms with Gasteiger partial charge in [-0.1, -0.05) is 0 Å². The molecule has 2 atom stereocenters. The van der Waals surface area contributed by atoms with Crippen LogP contribution in [0.1, 0.15) is 19.8 Å². The van der Waals surface area contributed by atoms with E-state index in [-0.39, 0.29) is 5.92 Å². The van der Waals surface area contributed by atoms with Crippen molar-refractivity contribution in [1.29, 1.82) is 0 Å². The summed E-state index contributed by atoms with van der Waals surface area (Å²) in [6.07, 6.45) is 1.16. The van der Waals surface area contributed by atoms with E-state index < -0.39 is 20.7 Å². The molecule has 1 amide bonds. The molecule has 22 heavy (non-hydrogen) atoms. The van der Waals surface area contributed by atoms with E-state index in [9.17, 15) is 13.2 Å². The molecule has 1 N–H and O–H groups in total. The minimum atomic E-state index is -3.57.